The number of amides is 2. The largest absolute Gasteiger partial charge is 0.493 e. The molecule has 0 aromatic heterocycles. The molecule has 27 heavy (non-hydrogen) atoms. The summed E-state index contributed by atoms with van der Waals surface area (Å²) < 4.78 is 11.3. The van der Waals surface area contributed by atoms with Crippen LogP contribution in [0.15, 0.2) is 18.2 Å². The zero-order valence-corrected chi connectivity index (χ0v) is 16.2. The lowest BCUT2D eigenvalue weighted by molar-refractivity contribution is 0.136. The number of para-hydroxylation sites is 1. The van der Waals surface area contributed by atoms with Crippen molar-refractivity contribution in [2.45, 2.75) is 25.8 Å². The number of nitrogens with zero attached hydrogens (tertiary/aromatic N) is 2. The van der Waals surface area contributed by atoms with E-state index in [0.717, 1.165) is 50.2 Å². The molecule has 0 bridgehead atoms. The summed E-state index contributed by atoms with van der Waals surface area (Å²) in [6.45, 7) is 5.32. The maximum Gasteiger partial charge on any atom is 0.317 e. The van der Waals surface area contributed by atoms with Crippen molar-refractivity contribution in [1.29, 1.82) is 0 Å². The van der Waals surface area contributed by atoms with Crippen molar-refractivity contribution in [3.8, 4) is 11.5 Å². The highest BCUT2D eigenvalue weighted by molar-refractivity contribution is 5.74. The maximum atomic E-state index is 12.8. The Morgan fingerprint density at radius 3 is 3.07 bits per heavy atom. The lowest BCUT2D eigenvalue weighted by Gasteiger charge is -2.33. The van der Waals surface area contributed by atoms with Gasteiger partial charge in [-0.25, -0.2) is 4.79 Å². The fourth-order valence-electron chi connectivity index (χ4n) is 3.90. The molecule has 2 aliphatic rings. The molecule has 2 amide bonds. The van der Waals surface area contributed by atoms with Crippen LogP contribution < -0.4 is 14.8 Å². The minimum atomic E-state index is -0.0232. The minimum Gasteiger partial charge on any atom is -0.493 e. The lowest BCUT2D eigenvalue weighted by Crippen LogP contribution is -2.46. The van der Waals surface area contributed by atoms with E-state index in [1.165, 1.54) is 0 Å². The molecule has 1 aromatic carbocycles. The molecule has 7 heteroatoms. The first kappa shape index (κ1) is 19.8. The zero-order chi connectivity index (χ0) is 19.1. The average Bonchev–Trinajstić information content (AvgIpc) is 2.67. The topological polar surface area (TPSA) is 74.3 Å². The first-order valence-electron chi connectivity index (χ1n) is 9.86. The number of hydrogen-bond donors (Lipinski definition) is 2. The molecule has 2 heterocycles. The van der Waals surface area contributed by atoms with Gasteiger partial charge in [0.1, 0.15) is 0 Å². The number of hydrogen-bond acceptors (Lipinski definition) is 5. The second-order valence-electron chi connectivity index (χ2n) is 7.29. The lowest BCUT2D eigenvalue weighted by atomic mass is 9.98. The van der Waals surface area contributed by atoms with Crippen LogP contribution in [0, 0.1) is 5.92 Å². The smallest absolute Gasteiger partial charge is 0.317 e. The Hall–Kier alpha value is -1.99. The van der Waals surface area contributed by atoms with Gasteiger partial charge in [-0.15, -0.1) is 0 Å². The van der Waals surface area contributed by atoms with Crippen molar-refractivity contribution in [3.63, 3.8) is 0 Å². The van der Waals surface area contributed by atoms with Gasteiger partial charge >= 0.3 is 6.03 Å². The Bertz CT molecular complexity index is 623. The van der Waals surface area contributed by atoms with Crippen LogP contribution >= 0.6 is 0 Å². The highest BCUT2D eigenvalue weighted by atomic mass is 16.5. The Labute approximate surface area is 161 Å². The van der Waals surface area contributed by atoms with Gasteiger partial charge in [0.25, 0.3) is 0 Å². The highest BCUT2D eigenvalue weighted by Crippen LogP contribution is 2.33. The molecule has 0 radical (unpaired) electrons. The van der Waals surface area contributed by atoms with E-state index in [1.807, 2.05) is 23.1 Å². The van der Waals surface area contributed by atoms with Crippen molar-refractivity contribution in [2.75, 3.05) is 53.0 Å². The summed E-state index contributed by atoms with van der Waals surface area (Å²) in [6.07, 6.45) is 3.03. The summed E-state index contributed by atoms with van der Waals surface area (Å²) in [4.78, 5) is 16.9. The number of piperidine rings is 1. The van der Waals surface area contributed by atoms with Crippen molar-refractivity contribution >= 4 is 6.03 Å². The molecular weight excluding hydrogens is 346 g/mol. The van der Waals surface area contributed by atoms with E-state index < -0.39 is 0 Å². The summed E-state index contributed by atoms with van der Waals surface area (Å²) >= 11 is 0. The number of rotatable bonds is 5. The van der Waals surface area contributed by atoms with Gasteiger partial charge in [-0.2, -0.15) is 0 Å². The van der Waals surface area contributed by atoms with Gasteiger partial charge in [-0.1, -0.05) is 12.1 Å². The van der Waals surface area contributed by atoms with Crippen LogP contribution in [0.4, 0.5) is 4.79 Å². The number of urea groups is 1. The van der Waals surface area contributed by atoms with Gasteiger partial charge in [0, 0.05) is 31.7 Å². The molecule has 1 aromatic rings. The second-order valence-corrected chi connectivity index (χ2v) is 7.29. The predicted octanol–water partition coefficient (Wildman–Crippen LogP) is 1.69. The van der Waals surface area contributed by atoms with Crippen LogP contribution in [0.25, 0.3) is 0 Å². The van der Waals surface area contributed by atoms with Crippen LogP contribution in [-0.4, -0.2) is 74.0 Å². The summed E-state index contributed by atoms with van der Waals surface area (Å²) in [5.41, 5.74) is 0.969. The van der Waals surface area contributed by atoms with Crippen molar-refractivity contribution < 1.29 is 19.4 Å². The van der Waals surface area contributed by atoms with Crippen LogP contribution in [-0.2, 0) is 6.54 Å². The number of aliphatic hydroxyl groups is 1. The molecule has 0 unspecified atom stereocenters. The first-order chi connectivity index (χ1) is 13.2. The molecule has 2 aliphatic heterocycles. The molecule has 2 N–H and O–H groups in total. The third-order valence-corrected chi connectivity index (χ3v) is 5.31. The molecule has 7 nitrogen and oxygen atoms in total. The number of aliphatic hydroxyl groups excluding tert-OH is 1. The number of methoxy groups -OCH3 is 1. The van der Waals surface area contributed by atoms with E-state index in [-0.39, 0.29) is 12.6 Å². The molecule has 0 spiro atoms. The van der Waals surface area contributed by atoms with Crippen molar-refractivity contribution in [3.05, 3.63) is 23.8 Å². The van der Waals surface area contributed by atoms with E-state index in [2.05, 4.69) is 10.2 Å². The van der Waals surface area contributed by atoms with Gasteiger partial charge in [0.05, 0.1) is 26.9 Å². The van der Waals surface area contributed by atoms with Crippen molar-refractivity contribution in [2.24, 2.45) is 5.92 Å². The third-order valence-electron chi connectivity index (χ3n) is 5.31. The maximum absolute atomic E-state index is 12.8. The minimum absolute atomic E-state index is 0.0232. The van der Waals surface area contributed by atoms with Gasteiger partial charge in [-0.3, -0.25) is 0 Å². The zero-order valence-electron chi connectivity index (χ0n) is 16.2. The predicted molar refractivity (Wildman–Crippen MR) is 103 cm³/mol. The van der Waals surface area contributed by atoms with E-state index in [9.17, 15) is 4.79 Å². The van der Waals surface area contributed by atoms with Crippen LogP contribution in [0.3, 0.4) is 0 Å². The Morgan fingerprint density at radius 1 is 1.37 bits per heavy atom. The molecule has 3 rings (SSSR count). The third kappa shape index (κ3) is 5.26. The molecule has 0 saturated carbocycles. The second kappa shape index (κ2) is 9.80. The van der Waals surface area contributed by atoms with Crippen LogP contribution in [0.1, 0.15) is 24.8 Å². The van der Waals surface area contributed by atoms with E-state index >= 15 is 0 Å². The average molecular weight is 377 g/mol. The van der Waals surface area contributed by atoms with Gasteiger partial charge in [0.2, 0.25) is 0 Å². The number of β-amino-alcohol motifs (C(OH)–C–C–N with tert-alkyl or cyclic N) is 1. The van der Waals surface area contributed by atoms with E-state index in [0.29, 0.717) is 37.9 Å². The van der Waals surface area contributed by atoms with Crippen molar-refractivity contribution in [1.82, 2.24) is 15.1 Å². The Morgan fingerprint density at radius 2 is 2.26 bits per heavy atom. The SMILES string of the molecule is COc1cccc2c1OCCCN(C(=O)NC[C@@H]1CCCN(CCO)C1)C2. The molecule has 1 fully saturated rings. The highest BCUT2D eigenvalue weighted by Gasteiger charge is 2.23. The summed E-state index contributed by atoms with van der Waals surface area (Å²) in [6, 6.07) is 5.77. The fourth-order valence-corrected chi connectivity index (χ4v) is 3.90. The fraction of sp³-hybridized carbons (Fsp3) is 0.650. The number of ether oxygens (including phenoxy) is 2. The van der Waals surface area contributed by atoms with Crippen LogP contribution in [0.2, 0.25) is 0 Å². The summed E-state index contributed by atoms with van der Waals surface area (Å²) in [5, 5.41) is 12.2. The standard InChI is InChI=1S/C20H31N3O4/c1-26-18-7-2-6-17-15-23(9-4-12-27-19(17)18)20(25)21-13-16-5-3-8-22(14-16)10-11-24/h2,6-7,16,24H,3-5,8-15H2,1H3,(H,21,25)/t16-/m0/s1. The normalized spacial score (nSPS) is 20.8. The van der Waals surface area contributed by atoms with E-state index in [1.54, 1.807) is 7.11 Å². The quantitative estimate of drug-likeness (QED) is 0.817. The molecule has 150 valence electrons. The summed E-state index contributed by atoms with van der Waals surface area (Å²) in [5.74, 6) is 1.89. The molecule has 1 atom stereocenters. The van der Waals surface area contributed by atoms with Gasteiger partial charge < -0.3 is 29.7 Å². The number of carbonyl (C=O) groups is 1. The number of nitrogens with one attached hydrogen (secondary N) is 1. The van der Waals surface area contributed by atoms with Gasteiger partial charge in [-0.05, 0) is 37.8 Å². The van der Waals surface area contributed by atoms with Crippen LogP contribution in [0.5, 0.6) is 11.5 Å². The summed E-state index contributed by atoms with van der Waals surface area (Å²) in [7, 11) is 1.63. The molecule has 0 aliphatic carbocycles. The number of likely N-dealkylation sites (tertiary alicyclic amines) is 1. The first-order valence-corrected chi connectivity index (χ1v) is 9.86. The van der Waals surface area contributed by atoms with E-state index in [4.69, 9.17) is 14.6 Å². The number of benzene rings is 1. The number of carbonyl (C=O) groups excluding carboxylic acids is 1. The Kier molecular flexibility index (Phi) is 7.18. The molecule has 1 saturated heterocycles. The molecular formula is C20H31N3O4. The Balaban J connectivity index is 1.57. The number of fused-ring (bicyclic) bond motifs is 1. The van der Waals surface area contributed by atoms with Gasteiger partial charge in [0.15, 0.2) is 11.5 Å². The monoisotopic (exact) mass is 377 g/mol.